The van der Waals surface area contributed by atoms with E-state index in [1.807, 2.05) is 12.1 Å². The Labute approximate surface area is 71.4 Å². The minimum Gasteiger partial charge on any atom is -0.493 e. The predicted molar refractivity (Wildman–Crippen MR) is 45.9 cm³/mol. The molecule has 3 heteroatoms. The summed E-state index contributed by atoms with van der Waals surface area (Å²) in [5, 5.41) is 12.7. The van der Waals surface area contributed by atoms with Gasteiger partial charge in [-0.3, -0.25) is 0 Å². The molecule has 0 aliphatic carbocycles. The van der Waals surface area contributed by atoms with E-state index in [2.05, 4.69) is 10.3 Å². The van der Waals surface area contributed by atoms with Gasteiger partial charge in [0.05, 0.1) is 0 Å². The molecule has 12 heavy (non-hydrogen) atoms. The second-order valence-corrected chi connectivity index (χ2v) is 3.07. The van der Waals surface area contributed by atoms with E-state index in [1.54, 1.807) is 6.20 Å². The monoisotopic (exact) mass is 164 g/mol. The van der Waals surface area contributed by atoms with E-state index in [4.69, 9.17) is 0 Å². The molecule has 64 valence electrons. The summed E-state index contributed by atoms with van der Waals surface area (Å²) in [5.41, 5.74) is 0.926. The van der Waals surface area contributed by atoms with Crippen LogP contribution in [0, 0.1) is 0 Å². The van der Waals surface area contributed by atoms with Gasteiger partial charge in [-0.05, 0) is 25.5 Å². The van der Waals surface area contributed by atoms with E-state index >= 15 is 0 Å². The first-order chi connectivity index (χ1) is 5.88. The maximum atomic E-state index is 9.42. The van der Waals surface area contributed by atoms with E-state index in [0.29, 0.717) is 6.04 Å². The highest BCUT2D eigenvalue weighted by Gasteiger charge is 2.18. The van der Waals surface area contributed by atoms with Crippen molar-refractivity contribution < 1.29 is 5.11 Å². The Morgan fingerprint density at radius 2 is 2.50 bits per heavy atom. The van der Waals surface area contributed by atoms with Crippen LogP contribution in [0.15, 0.2) is 18.3 Å². The third-order valence-electron chi connectivity index (χ3n) is 2.25. The molecule has 1 saturated heterocycles. The van der Waals surface area contributed by atoms with Crippen molar-refractivity contribution in [1.82, 2.24) is 10.3 Å². The molecule has 0 bridgehead atoms. The molecule has 0 aromatic carbocycles. The minimum absolute atomic E-state index is 0.164. The highest BCUT2D eigenvalue weighted by Crippen LogP contribution is 2.27. The van der Waals surface area contributed by atoms with Crippen molar-refractivity contribution >= 4 is 0 Å². The maximum absolute atomic E-state index is 9.42. The Morgan fingerprint density at radius 1 is 1.58 bits per heavy atom. The molecule has 0 amide bonds. The van der Waals surface area contributed by atoms with Gasteiger partial charge in [-0.1, -0.05) is 6.07 Å². The molecule has 3 nitrogen and oxygen atoms in total. The zero-order valence-electron chi connectivity index (χ0n) is 6.83. The molecule has 2 heterocycles. The first-order valence-corrected chi connectivity index (χ1v) is 4.25. The number of hydrogen-bond donors (Lipinski definition) is 2. The van der Waals surface area contributed by atoms with Crippen LogP contribution in [0.2, 0.25) is 0 Å². The van der Waals surface area contributed by atoms with Gasteiger partial charge in [0.1, 0.15) is 0 Å². The van der Waals surface area contributed by atoms with Crippen LogP contribution in [0.4, 0.5) is 0 Å². The molecule has 2 rings (SSSR count). The highest BCUT2D eigenvalue weighted by atomic mass is 16.3. The first-order valence-electron chi connectivity index (χ1n) is 4.25. The Balaban J connectivity index is 2.26. The number of nitrogens with zero attached hydrogens (tertiary/aromatic N) is 1. The second-order valence-electron chi connectivity index (χ2n) is 3.07. The van der Waals surface area contributed by atoms with Crippen molar-refractivity contribution in [2.45, 2.75) is 18.9 Å². The average molecular weight is 164 g/mol. The van der Waals surface area contributed by atoms with Gasteiger partial charge in [0.25, 0.3) is 0 Å². The lowest BCUT2D eigenvalue weighted by Gasteiger charge is -2.10. The smallest absolute Gasteiger partial charge is 0.215 e. The summed E-state index contributed by atoms with van der Waals surface area (Å²) in [6.07, 6.45) is 3.88. The van der Waals surface area contributed by atoms with Crippen molar-refractivity contribution in [3.63, 3.8) is 0 Å². The molecule has 1 aliphatic heterocycles. The number of pyridine rings is 1. The lowest BCUT2D eigenvalue weighted by atomic mass is 10.1. The number of aromatic nitrogens is 1. The van der Waals surface area contributed by atoms with Crippen LogP contribution >= 0.6 is 0 Å². The van der Waals surface area contributed by atoms with Crippen molar-refractivity contribution in [2.24, 2.45) is 0 Å². The summed E-state index contributed by atoms with van der Waals surface area (Å²) in [7, 11) is 0. The molecule has 0 saturated carbocycles. The van der Waals surface area contributed by atoms with Gasteiger partial charge >= 0.3 is 0 Å². The van der Waals surface area contributed by atoms with E-state index in [0.717, 1.165) is 18.5 Å². The van der Waals surface area contributed by atoms with E-state index < -0.39 is 0 Å². The summed E-state index contributed by atoms with van der Waals surface area (Å²) >= 11 is 0. The molecule has 1 aliphatic rings. The van der Waals surface area contributed by atoms with Gasteiger partial charge in [-0.15, -0.1) is 0 Å². The third-order valence-corrected chi connectivity index (χ3v) is 2.25. The standard InChI is InChI=1S/C9H12N2O/c12-9-7(3-1-6-11-9)8-4-2-5-10-8/h1,3,6,8,10H,2,4-5H2,(H,11,12). The summed E-state index contributed by atoms with van der Waals surface area (Å²) < 4.78 is 0. The van der Waals surface area contributed by atoms with Gasteiger partial charge < -0.3 is 10.4 Å². The number of nitrogens with one attached hydrogen (secondary N) is 1. The SMILES string of the molecule is Oc1ncccc1C1CCCN1. The molecule has 1 unspecified atom stereocenters. The van der Waals surface area contributed by atoms with Crippen LogP contribution < -0.4 is 5.32 Å². The third kappa shape index (κ3) is 1.28. The van der Waals surface area contributed by atoms with Crippen LogP contribution in [0.3, 0.4) is 0 Å². The maximum Gasteiger partial charge on any atom is 0.215 e. The van der Waals surface area contributed by atoms with Crippen LogP contribution in [0.5, 0.6) is 5.88 Å². The molecule has 2 N–H and O–H groups in total. The molecular formula is C9H12N2O. The fraction of sp³-hybridized carbons (Fsp3) is 0.444. The first kappa shape index (κ1) is 7.55. The fourth-order valence-electron chi connectivity index (χ4n) is 1.63. The summed E-state index contributed by atoms with van der Waals surface area (Å²) in [4.78, 5) is 3.84. The quantitative estimate of drug-likeness (QED) is 0.655. The molecule has 1 aromatic heterocycles. The lowest BCUT2D eigenvalue weighted by Crippen LogP contribution is -2.13. The number of hydrogen-bond acceptors (Lipinski definition) is 3. The highest BCUT2D eigenvalue weighted by molar-refractivity contribution is 5.28. The van der Waals surface area contributed by atoms with Crippen molar-refractivity contribution in [3.8, 4) is 5.88 Å². The summed E-state index contributed by atoms with van der Waals surface area (Å²) in [6, 6.07) is 4.08. The largest absolute Gasteiger partial charge is 0.493 e. The molecule has 1 aromatic rings. The van der Waals surface area contributed by atoms with Gasteiger partial charge in [0.15, 0.2) is 0 Å². The van der Waals surface area contributed by atoms with Crippen molar-refractivity contribution in [1.29, 1.82) is 0 Å². The zero-order chi connectivity index (χ0) is 8.39. The lowest BCUT2D eigenvalue weighted by molar-refractivity contribution is 0.435. The topological polar surface area (TPSA) is 45.2 Å². The van der Waals surface area contributed by atoms with Gasteiger partial charge in [-0.25, -0.2) is 4.98 Å². The second kappa shape index (κ2) is 3.11. The Hall–Kier alpha value is -1.09. The molecule has 0 spiro atoms. The molecule has 0 radical (unpaired) electrons. The van der Waals surface area contributed by atoms with E-state index in [1.165, 1.54) is 6.42 Å². The van der Waals surface area contributed by atoms with Crippen molar-refractivity contribution in [3.05, 3.63) is 23.9 Å². The normalized spacial score (nSPS) is 22.8. The summed E-state index contributed by atoms with van der Waals surface area (Å²) in [6.45, 7) is 1.04. The minimum atomic E-state index is 0.164. The van der Waals surface area contributed by atoms with Gasteiger partial charge in [0.2, 0.25) is 5.88 Å². The van der Waals surface area contributed by atoms with Gasteiger partial charge in [0, 0.05) is 17.8 Å². The number of aromatic hydroxyl groups is 1. The Bertz CT molecular complexity index is 269. The van der Waals surface area contributed by atoms with Crippen LogP contribution in [0.25, 0.3) is 0 Å². The zero-order valence-corrected chi connectivity index (χ0v) is 6.83. The number of rotatable bonds is 1. The molecular weight excluding hydrogens is 152 g/mol. The Kier molecular flexibility index (Phi) is 1.96. The summed E-state index contributed by atoms with van der Waals surface area (Å²) in [5.74, 6) is 0.164. The predicted octanol–water partition coefficient (Wildman–Crippen LogP) is 1.21. The van der Waals surface area contributed by atoms with Crippen LogP contribution in [0.1, 0.15) is 24.4 Å². The molecule has 1 fully saturated rings. The van der Waals surface area contributed by atoms with E-state index in [-0.39, 0.29) is 5.88 Å². The van der Waals surface area contributed by atoms with Gasteiger partial charge in [-0.2, -0.15) is 0 Å². The van der Waals surface area contributed by atoms with Crippen molar-refractivity contribution in [2.75, 3.05) is 6.54 Å². The van der Waals surface area contributed by atoms with E-state index in [9.17, 15) is 5.11 Å². The Morgan fingerprint density at radius 3 is 3.17 bits per heavy atom. The fourth-order valence-corrected chi connectivity index (χ4v) is 1.63. The average Bonchev–Trinajstić information content (AvgIpc) is 2.57. The van der Waals surface area contributed by atoms with Crippen LogP contribution in [-0.2, 0) is 0 Å². The molecule has 1 atom stereocenters. The van der Waals surface area contributed by atoms with Crippen LogP contribution in [-0.4, -0.2) is 16.6 Å².